The van der Waals surface area contributed by atoms with E-state index < -0.39 is 6.10 Å². The van der Waals surface area contributed by atoms with Crippen LogP contribution in [0.2, 0.25) is 0 Å². The van der Waals surface area contributed by atoms with Crippen LogP contribution >= 0.6 is 0 Å². The Morgan fingerprint density at radius 3 is 2.86 bits per heavy atom. The van der Waals surface area contributed by atoms with Crippen LogP contribution in [0.1, 0.15) is 11.3 Å². The third-order valence-corrected chi connectivity index (χ3v) is 5.02. The fraction of sp³-hybridized carbons (Fsp3) is 0.238. The summed E-state index contributed by atoms with van der Waals surface area (Å²) in [6.45, 7) is 1.01. The molecule has 142 valence electrons. The molecule has 0 fully saturated rings. The Kier molecular flexibility index (Phi) is 4.00. The second-order valence-electron chi connectivity index (χ2n) is 6.82. The highest BCUT2D eigenvalue weighted by Crippen LogP contribution is 2.33. The molecule has 0 saturated carbocycles. The topological polar surface area (TPSA) is 64.8 Å². The lowest BCUT2D eigenvalue weighted by molar-refractivity contribution is -0.142. The predicted molar refractivity (Wildman–Crippen MR) is 97.4 cm³/mol. The number of aromatic nitrogens is 1. The number of carbonyl (C=O) groups is 1. The lowest BCUT2D eigenvalue weighted by atomic mass is 10.0. The number of fused-ring (bicyclic) bond motifs is 2. The first-order valence-corrected chi connectivity index (χ1v) is 9.09. The molecule has 28 heavy (non-hydrogen) atoms. The third kappa shape index (κ3) is 2.89. The van der Waals surface area contributed by atoms with E-state index >= 15 is 0 Å². The fourth-order valence-electron chi connectivity index (χ4n) is 3.60. The van der Waals surface area contributed by atoms with Crippen LogP contribution in [0.5, 0.6) is 11.5 Å². The maximum Gasteiger partial charge on any atom is 0.267 e. The highest BCUT2D eigenvalue weighted by atomic mass is 19.1. The van der Waals surface area contributed by atoms with Gasteiger partial charge in [0, 0.05) is 24.1 Å². The Morgan fingerprint density at radius 2 is 2.00 bits per heavy atom. The number of benzene rings is 2. The van der Waals surface area contributed by atoms with Gasteiger partial charge in [-0.25, -0.2) is 4.39 Å². The fourth-order valence-corrected chi connectivity index (χ4v) is 3.60. The van der Waals surface area contributed by atoms with Gasteiger partial charge in [0.2, 0.25) is 6.10 Å². The molecule has 2 aliphatic rings. The zero-order valence-corrected chi connectivity index (χ0v) is 14.9. The van der Waals surface area contributed by atoms with Crippen LogP contribution < -0.4 is 9.47 Å². The number of hydrogen-bond donors (Lipinski definition) is 0. The number of nitrogens with zero attached hydrogens (tertiary/aromatic N) is 2. The summed E-state index contributed by atoms with van der Waals surface area (Å²) in [6, 6.07) is 13.5. The van der Waals surface area contributed by atoms with E-state index in [1.165, 1.54) is 12.1 Å². The number of hydrogen-bond acceptors (Lipinski definition) is 5. The smallest absolute Gasteiger partial charge is 0.267 e. The Hall–Kier alpha value is -3.35. The number of halogens is 1. The van der Waals surface area contributed by atoms with Gasteiger partial charge in [0.05, 0.1) is 6.54 Å². The average molecular weight is 380 g/mol. The van der Waals surface area contributed by atoms with Crippen molar-refractivity contribution in [3.05, 3.63) is 65.7 Å². The minimum Gasteiger partial charge on any atom is -0.485 e. The zero-order valence-electron chi connectivity index (χ0n) is 14.9. The van der Waals surface area contributed by atoms with Crippen LogP contribution in [0.4, 0.5) is 4.39 Å². The standard InChI is InChI=1S/C21H17FN2O4/c22-14-5-3-4-13(10-14)20-15-11-24(9-8-16(15)28-23-20)21(25)19-12-26-17-6-1-2-7-18(17)27-19/h1-7,10,19H,8-9,11-12H2/t19-/m0/s1. The molecule has 7 heteroatoms. The molecule has 0 spiro atoms. The molecule has 0 bridgehead atoms. The quantitative estimate of drug-likeness (QED) is 0.683. The van der Waals surface area contributed by atoms with E-state index in [1.54, 1.807) is 23.1 Å². The average Bonchev–Trinajstić information content (AvgIpc) is 3.16. The summed E-state index contributed by atoms with van der Waals surface area (Å²) in [6.07, 6.45) is -0.151. The molecule has 0 radical (unpaired) electrons. The molecule has 1 atom stereocenters. The van der Waals surface area contributed by atoms with Gasteiger partial charge in [0.1, 0.15) is 23.9 Å². The molecule has 2 aliphatic heterocycles. The molecule has 5 rings (SSSR count). The molecule has 2 aromatic carbocycles. The summed E-state index contributed by atoms with van der Waals surface area (Å²) >= 11 is 0. The van der Waals surface area contributed by atoms with Gasteiger partial charge in [0.15, 0.2) is 11.5 Å². The Balaban J connectivity index is 1.37. The summed E-state index contributed by atoms with van der Waals surface area (Å²) in [5.41, 5.74) is 2.01. The van der Waals surface area contributed by atoms with E-state index in [0.29, 0.717) is 42.3 Å². The largest absolute Gasteiger partial charge is 0.485 e. The van der Waals surface area contributed by atoms with Crippen LogP contribution in [0.15, 0.2) is 53.1 Å². The van der Waals surface area contributed by atoms with Crippen LogP contribution in [-0.2, 0) is 17.8 Å². The summed E-state index contributed by atoms with van der Waals surface area (Å²) in [5.74, 6) is 1.44. The van der Waals surface area contributed by atoms with Crippen LogP contribution in [0, 0.1) is 5.82 Å². The predicted octanol–water partition coefficient (Wildman–Crippen LogP) is 3.21. The molecule has 0 saturated heterocycles. The van der Waals surface area contributed by atoms with E-state index in [-0.39, 0.29) is 18.3 Å². The van der Waals surface area contributed by atoms with Gasteiger partial charge in [-0.15, -0.1) is 0 Å². The Bertz CT molecular complexity index is 1050. The number of amides is 1. The first kappa shape index (κ1) is 16.8. The van der Waals surface area contributed by atoms with Gasteiger partial charge in [-0.2, -0.15) is 0 Å². The second-order valence-corrected chi connectivity index (χ2v) is 6.82. The molecule has 3 heterocycles. The van der Waals surface area contributed by atoms with Gasteiger partial charge in [0.25, 0.3) is 5.91 Å². The van der Waals surface area contributed by atoms with Crippen molar-refractivity contribution in [3.63, 3.8) is 0 Å². The molecule has 0 N–H and O–H groups in total. The Morgan fingerprint density at radius 1 is 1.14 bits per heavy atom. The van der Waals surface area contributed by atoms with Crippen LogP contribution in [-0.4, -0.2) is 35.2 Å². The van der Waals surface area contributed by atoms with E-state index in [9.17, 15) is 9.18 Å². The third-order valence-electron chi connectivity index (χ3n) is 5.02. The number of para-hydroxylation sites is 2. The molecule has 0 unspecified atom stereocenters. The molecule has 1 aromatic heterocycles. The lowest BCUT2D eigenvalue weighted by Crippen LogP contribution is -2.47. The monoisotopic (exact) mass is 380 g/mol. The lowest BCUT2D eigenvalue weighted by Gasteiger charge is -2.32. The highest BCUT2D eigenvalue weighted by molar-refractivity contribution is 5.82. The molecule has 6 nitrogen and oxygen atoms in total. The number of rotatable bonds is 2. The molecule has 1 amide bonds. The van der Waals surface area contributed by atoms with Gasteiger partial charge in [-0.05, 0) is 24.3 Å². The van der Waals surface area contributed by atoms with Crippen LogP contribution in [0.25, 0.3) is 11.3 Å². The van der Waals surface area contributed by atoms with Crippen molar-refractivity contribution in [1.82, 2.24) is 10.1 Å². The first-order chi connectivity index (χ1) is 13.7. The van der Waals surface area contributed by atoms with Gasteiger partial charge in [-0.1, -0.05) is 29.4 Å². The van der Waals surface area contributed by atoms with Crippen molar-refractivity contribution in [2.75, 3.05) is 13.2 Å². The second kappa shape index (κ2) is 6.67. The molecule has 0 aliphatic carbocycles. The van der Waals surface area contributed by atoms with E-state index in [0.717, 1.165) is 11.3 Å². The zero-order chi connectivity index (χ0) is 19.1. The summed E-state index contributed by atoms with van der Waals surface area (Å²) < 4.78 is 30.5. The highest BCUT2D eigenvalue weighted by Gasteiger charge is 2.34. The van der Waals surface area contributed by atoms with Crippen LogP contribution in [0.3, 0.4) is 0 Å². The van der Waals surface area contributed by atoms with Gasteiger partial charge in [-0.3, -0.25) is 4.79 Å². The molecular formula is C21H17FN2O4. The first-order valence-electron chi connectivity index (χ1n) is 9.09. The maximum atomic E-state index is 13.6. The van der Waals surface area contributed by atoms with Crippen molar-refractivity contribution in [2.24, 2.45) is 0 Å². The minimum atomic E-state index is -0.700. The Labute approximate surface area is 160 Å². The van der Waals surface area contributed by atoms with Gasteiger partial charge < -0.3 is 18.9 Å². The van der Waals surface area contributed by atoms with Crippen molar-refractivity contribution in [2.45, 2.75) is 19.1 Å². The van der Waals surface area contributed by atoms with Crippen molar-refractivity contribution >= 4 is 5.91 Å². The number of carbonyl (C=O) groups excluding carboxylic acids is 1. The summed E-state index contributed by atoms with van der Waals surface area (Å²) in [5, 5.41) is 4.11. The van der Waals surface area contributed by atoms with E-state index in [2.05, 4.69) is 5.16 Å². The summed E-state index contributed by atoms with van der Waals surface area (Å²) in [4.78, 5) is 14.7. The van der Waals surface area contributed by atoms with Crippen molar-refractivity contribution < 1.29 is 23.2 Å². The molecule has 3 aromatic rings. The van der Waals surface area contributed by atoms with Gasteiger partial charge >= 0.3 is 0 Å². The van der Waals surface area contributed by atoms with Crippen molar-refractivity contribution in [3.8, 4) is 22.8 Å². The summed E-state index contributed by atoms with van der Waals surface area (Å²) in [7, 11) is 0. The number of ether oxygens (including phenoxy) is 2. The van der Waals surface area contributed by atoms with E-state index in [1.807, 2.05) is 18.2 Å². The normalized spacial score (nSPS) is 17.9. The van der Waals surface area contributed by atoms with E-state index in [4.69, 9.17) is 14.0 Å². The SMILES string of the molecule is O=C([C@@H]1COc2ccccc2O1)N1CCc2onc(-c3cccc(F)c3)c2C1. The molecular weight excluding hydrogens is 363 g/mol. The minimum absolute atomic E-state index is 0.147. The maximum absolute atomic E-state index is 13.6. The van der Waals surface area contributed by atoms with Crippen molar-refractivity contribution in [1.29, 1.82) is 0 Å².